The summed E-state index contributed by atoms with van der Waals surface area (Å²) in [5.74, 6) is -1.81. The molecule has 0 bridgehead atoms. The molecule has 9 nitrogen and oxygen atoms in total. The van der Waals surface area contributed by atoms with Crippen molar-refractivity contribution < 1.29 is 34.2 Å². The predicted molar refractivity (Wildman–Crippen MR) is 137 cm³/mol. The number of carbonyl (C=O) groups excluding carboxylic acids is 1. The number of aliphatic hydroxyl groups excluding tert-OH is 1. The molecule has 0 spiro atoms. The van der Waals surface area contributed by atoms with Crippen molar-refractivity contribution in [2.45, 2.75) is 19.8 Å². The van der Waals surface area contributed by atoms with E-state index in [9.17, 15) is 29.9 Å². The smallest absolute Gasteiger partial charge is 0.336 e. The topological polar surface area (TPSA) is 136 Å². The zero-order valence-corrected chi connectivity index (χ0v) is 20.1. The van der Waals surface area contributed by atoms with Gasteiger partial charge in [0.1, 0.15) is 24.7 Å². The Morgan fingerprint density at radius 1 is 0.763 bits per heavy atom. The van der Waals surface area contributed by atoms with Crippen molar-refractivity contribution >= 4 is 17.4 Å². The maximum Gasteiger partial charge on any atom is 0.336 e. The Hall–Kier alpha value is -5.02. The van der Waals surface area contributed by atoms with Crippen LogP contribution >= 0.6 is 0 Å². The van der Waals surface area contributed by atoms with Gasteiger partial charge in [0.2, 0.25) is 0 Å². The number of nitro groups is 1. The summed E-state index contributed by atoms with van der Waals surface area (Å²) in [6, 6.07) is 24.4. The van der Waals surface area contributed by atoms with Gasteiger partial charge in [0, 0.05) is 23.3 Å². The van der Waals surface area contributed by atoms with Crippen molar-refractivity contribution in [1.82, 2.24) is 0 Å². The standard InChI is InChI=1S/C29H23NO8/c31-16-25-26(37-17-19-7-3-1-4-8-19)13-21(14-27(25)38-18-20-9-5-2-6-10-20)28(32)23-12-11-22(30(35)36)15-24(23)29(33)34/h1-15,31H,16-18H2,(H,33,34). The summed E-state index contributed by atoms with van der Waals surface area (Å²) in [7, 11) is 0. The minimum Gasteiger partial charge on any atom is -0.488 e. The van der Waals surface area contributed by atoms with E-state index in [2.05, 4.69) is 0 Å². The SMILES string of the molecule is O=C(O)c1cc([N+](=O)[O-])ccc1C(=O)c1cc(OCc2ccccc2)c(CO)c(OCc2ccccc2)c1. The van der Waals surface area contributed by atoms with Crippen molar-refractivity contribution in [2.75, 3.05) is 0 Å². The van der Waals surface area contributed by atoms with Gasteiger partial charge in [-0.15, -0.1) is 0 Å². The average Bonchev–Trinajstić information content (AvgIpc) is 2.94. The molecule has 192 valence electrons. The van der Waals surface area contributed by atoms with E-state index in [1.54, 1.807) is 0 Å². The molecule has 4 rings (SSSR count). The Morgan fingerprint density at radius 3 is 1.74 bits per heavy atom. The van der Waals surface area contributed by atoms with E-state index >= 15 is 0 Å². The number of aromatic carboxylic acids is 1. The van der Waals surface area contributed by atoms with E-state index < -0.39 is 34.5 Å². The van der Waals surface area contributed by atoms with E-state index in [0.717, 1.165) is 29.3 Å². The van der Waals surface area contributed by atoms with Crippen molar-refractivity contribution in [3.05, 3.63) is 134 Å². The lowest BCUT2D eigenvalue weighted by Gasteiger charge is -2.17. The number of ketones is 1. The van der Waals surface area contributed by atoms with Crippen LogP contribution in [0.1, 0.15) is 43.0 Å². The number of ether oxygens (including phenoxy) is 2. The van der Waals surface area contributed by atoms with Gasteiger partial charge in [-0.25, -0.2) is 4.79 Å². The van der Waals surface area contributed by atoms with Gasteiger partial charge in [-0.1, -0.05) is 60.7 Å². The van der Waals surface area contributed by atoms with Gasteiger partial charge in [-0.05, 0) is 29.3 Å². The van der Waals surface area contributed by atoms with Gasteiger partial charge >= 0.3 is 5.97 Å². The Kier molecular flexibility index (Phi) is 8.10. The first-order chi connectivity index (χ1) is 18.4. The van der Waals surface area contributed by atoms with Gasteiger partial charge in [0.05, 0.1) is 22.7 Å². The van der Waals surface area contributed by atoms with Gasteiger partial charge < -0.3 is 19.7 Å². The lowest BCUT2D eigenvalue weighted by atomic mass is 9.96. The van der Waals surface area contributed by atoms with E-state index in [0.29, 0.717) is 5.56 Å². The van der Waals surface area contributed by atoms with Crippen LogP contribution in [-0.2, 0) is 19.8 Å². The molecule has 0 radical (unpaired) electrons. The van der Waals surface area contributed by atoms with Crippen molar-refractivity contribution in [3.63, 3.8) is 0 Å². The highest BCUT2D eigenvalue weighted by atomic mass is 16.6. The van der Waals surface area contributed by atoms with Gasteiger partial charge in [0.15, 0.2) is 5.78 Å². The summed E-state index contributed by atoms with van der Waals surface area (Å²) in [6.45, 7) is -0.163. The lowest BCUT2D eigenvalue weighted by Crippen LogP contribution is -2.12. The largest absolute Gasteiger partial charge is 0.488 e. The molecule has 4 aromatic rings. The molecule has 0 unspecified atom stereocenters. The van der Waals surface area contributed by atoms with Crippen LogP contribution in [-0.4, -0.2) is 26.9 Å². The normalized spacial score (nSPS) is 10.6. The fourth-order valence-corrected chi connectivity index (χ4v) is 3.81. The fourth-order valence-electron chi connectivity index (χ4n) is 3.81. The molecule has 0 aliphatic carbocycles. The van der Waals surface area contributed by atoms with E-state index in [-0.39, 0.29) is 35.8 Å². The summed E-state index contributed by atoms with van der Waals surface area (Å²) in [5, 5.41) is 30.9. The molecule has 0 amide bonds. The number of non-ortho nitro benzene ring substituents is 1. The second-order valence-electron chi connectivity index (χ2n) is 8.28. The highest BCUT2D eigenvalue weighted by Crippen LogP contribution is 2.34. The molecular formula is C29H23NO8. The molecule has 0 aliphatic heterocycles. The molecule has 0 atom stereocenters. The molecule has 0 saturated carbocycles. The predicted octanol–water partition coefficient (Wildman–Crippen LogP) is 5.17. The number of hydrogen-bond donors (Lipinski definition) is 2. The Labute approximate surface area is 217 Å². The third-order valence-electron chi connectivity index (χ3n) is 5.75. The number of rotatable bonds is 11. The van der Waals surface area contributed by atoms with Crippen LogP contribution in [0.15, 0.2) is 91.0 Å². The number of carboxylic acids is 1. The lowest BCUT2D eigenvalue weighted by molar-refractivity contribution is -0.384. The molecule has 0 aliphatic rings. The minimum absolute atomic E-state index is 0.0321. The summed E-state index contributed by atoms with van der Waals surface area (Å²) in [5.41, 5.74) is 0.859. The molecule has 0 saturated heterocycles. The first kappa shape index (κ1) is 26.1. The number of carbonyl (C=O) groups is 2. The van der Waals surface area contributed by atoms with Crippen LogP contribution in [0, 0.1) is 10.1 Å². The van der Waals surface area contributed by atoms with Crippen molar-refractivity contribution in [2.24, 2.45) is 0 Å². The summed E-state index contributed by atoms with van der Waals surface area (Å²) >= 11 is 0. The molecule has 38 heavy (non-hydrogen) atoms. The van der Waals surface area contributed by atoms with Crippen LogP contribution in [0.5, 0.6) is 11.5 Å². The number of benzene rings is 4. The zero-order valence-electron chi connectivity index (χ0n) is 20.1. The van der Waals surface area contributed by atoms with E-state index in [1.165, 1.54) is 12.1 Å². The number of aliphatic hydroxyl groups is 1. The molecule has 2 N–H and O–H groups in total. The maximum absolute atomic E-state index is 13.5. The number of nitro benzene ring substituents is 1. The highest BCUT2D eigenvalue weighted by Gasteiger charge is 2.24. The molecule has 4 aromatic carbocycles. The fraction of sp³-hybridized carbons (Fsp3) is 0.103. The number of carboxylic acid groups (broad SMARTS) is 1. The van der Waals surface area contributed by atoms with Gasteiger partial charge in [-0.3, -0.25) is 14.9 Å². The van der Waals surface area contributed by atoms with Gasteiger partial charge in [0.25, 0.3) is 5.69 Å². The average molecular weight is 514 g/mol. The summed E-state index contributed by atoms with van der Waals surface area (Å²) < 4.78 is 11.9. The summed E-state index contributed by atoms with van der Waals surface area (Å²) in [6.07, 6.45) is 0. The van der Waals surface area contributed by atoms with Crippen molar-refractivity contribution in [1.29, 1.82) is 0 Å². The molecule has 0 aromatic heterocycles. The third-order valence-corrected chi connectivity index (χ3v) is 5.75. The molecule has 9 heteroatoms. The van der Waals surface area contributed by atoms with Crippen molar-refractivity contribution in [3.8, 4) is 11.5 Å². The van der Waals surface area contributed by atoms with E-state index in [1.807, 2.05) is 60.7 Å². The molecular weight excluding hydrogens is 490 g/mol. The third kappa shape index (κ3) is 6.03. The monoisotopic (exact) mass is 513 g/mol. The van der Waals surface area contributed by atoms with Crippen LogP contribution in [0.4, 0.5) is 5.69 Å². The second kappa shape index (κ2) is 11.8. The number of nitrogens with zero attached hydrogens (tertiary/aromatic N) is 1. The Morgan fingerprint density at radius 2 is 1.29 bits per heavy atom. The number of hydrogen-bond acceptors (Lipinski definition) is 7. The first-order valence-corrected chi connectivity index (χ1v) is 11.5. The van der Waals surface area contributed by atoms with Crippen LogP contribution < -0.4 is 9.47 Å². The van der Waals surface area contributed by atoms with E-state index in [4.69, 9.17) is 9.47 Å². The maximum atomic E-state index is 13.5. The van der Waals surface area contributed by atoms with Crippen LogP contribution in [0.25, 0.3) is 0 Å². The first-order valence-electron chi connectivity index (χ1n) is 11.5. The second-order valence-corrected chi connectivity index (χ2v) is 8.28. The van der Waals surface area contributed by atoms with Gasteiger partial charge in [-0.2, -0.15) is 0 Å². The minimum atomic E-state index is -1.48. The zero-order chi connectivity index (χ0) is 27.1. The summed E-state index contributed by atoms with van der Waals surface area (Å²) in [4.78, 5) is 35.7. The van der Waals surface area contributed by atoms with Crippen LogP contribution in [0.2, 0.25) is 0 Å². The molecule has 0 heterocycles. The quantitative estimate of drug-likeness (QED) is 0.159. The van der Waals surface area contributed by atoms with Crippen LogP contribution in [0.3, 0.4) is 0 Å². The molecule has 0 fully saturated rings. The highest BCUT2D eigenvalue weighted by molar-refractivity contribution is 6.14. The Bertz CT molecular complexity index is 1400. The Balaban J connectivity index is 1.76.